The molecule has 6 atom stereocenters. The van der Waals surface area contributed by atoms with Crippen LogP contribution in [-0.2, 0) is 9.47 Å². The van der Waals surface area contributed by atoms with E-state index in [1.54, 1.807) is 0 Å². The lowest BCUT2D eigenvalue weighted by atomic mass is 9.61. The molecule has 44 heavy (non-hydrogen) atoms. The van der Waals surface area contributed by atoms with E-state index in [9.17, 15) is 10.2 Å². The van der Waals surface area contributed by atoms with Gasteiger partial charge in [-0.05, 0) is 66.5 Å². The third-order valence-electron chi connectivity index (χ3n) is 10.5. The molecule has 2 N–H and O–H groups in total. The standard InChI is InChI=1S/C40H56O4/c1-29(17-13-19-31(3)21-23-39-35(5,6)25-33(43-39)27-37(39,9)41)15-11-12-16-30(2)18-14-20-32(4)22-24-40-36(7,8)26-34(44-40)28-38(40,10)42/h11-24,33-34,41-42H,25-28H2,1-10H3/b12-11+,17-13+,18-14+,23-21+,24-22+,29-15-,30-16+,31-19+,32-20+/t33-,34-,37+,38+,39+,40+/m0/s1. The van der Waals surface area contributed by atoms with E-state index in [4.69, 9.17) is 9.47 Å². The summed E-state index contributed by atoms with van der Waals surface area (Å²) < 4.78 is 12.6. The largest absolute Gasteiger partial charge is 0.387 e. The van der Waals surface area contributed by atoms with Gasteiger partial charge in [-0.25, -0.2) is 0 Å². The van der Waals surface area contributed by atoms with Gasteiger partial charge in [0.25, 0.3) is 0 Å². The highest BCUT2D eigenvalue weighted by atomic mass is 16.6. The number of aliphatic hydroxyl groups is 2. The zero-order chi connectivity index (χ0) is 32.6. The first-order valence-electron chi connectivity index (χ1n) is 16.3. The molecule has 4 fully saturated rings. The molecule has 0 amide bonds. The Morgan fingerprint density at radius 3 is 1.14 bits per heavy atom. The molecule has 0 radical (unpaired) electrons. The fourth-order valence-electron chi connectivity index (χ4n) is 8.23. The normalized spacial score (nSPS) is 39.2. The number of hydrogen-bond donors (Lipinski definition) is 2. The average molecular weight is 601 g/mol. The van der Waals surface area contributed by atoms with Crippen LogP contribution >= 0.6 is 0 Å². The number of allylic oxidation sites excluding steroid dienone is 16. The van der Waals surface area contributed by atoms with Crippen molar-refractivity contribution in [2.75, 3.05) is 0 Å². The monoisotopic (exact) mass is 600 g/mol. The topological polar surface area (TPSA) is 58.9 Å². The van der Waals surface area contributed by atoms with Crippen LogP contribution in [0.4, 0.5) is 0 Å². The van der Waals surface area contributed by atoms with E-state index in [0.717, 1.165) is 35.1 Å². The summed E-state index contributed by atoms with van der Waals surface area (Å²) >= 11 is 0. The van der Waals surface area contributed by atoms with E-state index < -0.39 is 22.4 Å². The fourth-order valence-corrected chi connectivity index (χ4v) is 8.23. The SMILES string of the molecule is CC(=C/C=C/C=C(C)/C=C/C=C(C)/C=C/[C@@]12O[C@@H](CC1(C)C)C[C@@]2(C)O)/C=C/C=C(C)/C=C/[C@@]12O[C@@H](CC1(C)C)C[C@@]2(C)O. The second-order valence-corrected chi connectivity index (χ2v) is 15.5. The molecule has 4 heterocycles. The van der Waals surface area contributed by atoms with Crippen LogP contribution in [0.2, 0.25) is 0 Å². The van der Waals surface area contributed by atoms with Gasteiger partial charge in [-0.3, -0.25) is 0 Å². The van der Waals surface area contributed by atoms with Crippen LogP contribution in [0.25, 0.3) is 0 Å². The summed E-state index contributed by atoms with van der Waals surface area (Å²) in [5.74, 6) is 0. The Morgan fingerprint density at radius 2 is 0.818 bits per heavy atom. The van der Waals surface area contributed by atoms with Crippen molar-refractivity contribution in [3.8, 4) is 0 Å². The van der Waals surface area contributed by atoms with E-state index in [2.05, 4.69) is 140 Å². The fraction of sp³-hybridized carbons (Fsp3) is 0.550. The van der Waals surface area contributed by atoms with Gasteiger partial charge in [0.05, 0.1) is 23.4 Å². The third-order valence-corrected chi connectivity index (χ3v) is 10.5. The smallest absolute Gasteiger partial charge is 0.120 e. The van der Waals surface area contributed by atoms with Gasteiger partial charge in [-0.1, -0.05) is 123 Å². The van der Waals surface area contributed by atoms with Gasteiger partial charge in [0.15, 0.2) is 0 Å². The Balaban J connectivity index is 1.28. The van der Waals surface area contributed by atoms with Crippen LogP contribution in [0.3, 0.4) is 0 Å². The van der Waals surface area contributed by atoms with Crippen LogP contribution in [0.1, 0.15) is 94.9 Å². The van der Waals surface area contributed by atoms with Crippen LogP contribution in [0, 0.1) is 10.8 Å². The minimum atomic E-state index is -0.848. The first kappa shape index (κ1) is 34.4. The minimum absolute atomic E-state index is 0.0983. The van der Waals surface area contributed by atoms with Crippen molar-refractivity contribution >= 4 is 0 Å². The maximum atomic E-state index is 11.1. The molecule has 4 aliphatic heterocycles. The Labute approximate surface area is 267 Å². The molecule has 0 unspecified atom stereocenters. The van der Waals surface area contributed by atoms with Crippen LogP contribution in [0.5, 0.6) is 0 Å². The van der Waals surface area contributed by atoms with Crippen molar-refractivity contribution in [3.05, 3.63) is 107 Å². The first-order chi connectivity index (χ1) is 20.4. The summed E-state index contributed by atoms with van der Waals surface area (Å²) in [5.41, 5.74) is 1.37. The first-order valence-corrected chi connectivity index (χ1v) is 16.3. The molecule has 240 valence electrons. The van der Waals surface area contributed by atoms with Crippen molar-refractivity contribution in [2.24, 2.45) is 10.8 Å². The summed E-state index contributed by atoms with van der Waals surface area (Å²) in [6, 6.07) is 0. The number of ether oxygens (including phenoxy) is 2. The zero-order valence-electron chi connectivity index (χ0n) is 28.8. The molecule has 0 aliphatic carbocycles. The molecule has 4 aliphatic rings. The number of rotatable bonds is 10. The zero-order valence-corrected chi connectivity index (χ0v) is 28.8. The lowest BCUT2D eigenvalue weighted by molar-refractivity contribution is -0.115. The van der Waals surface area contributed by atoms with Crippen molar-refractivity contribution < 1.29 is 19.7 Å². The quantitative estimate of drug-likeness (QED) is 0.246. The minimum Gasteiger partial charge on any atom is -0.387 e. The van der Waals surface area contributed by atoms with Crippen molar-refractivity contribution in [1.82, 2.24) is 0 Å². The third kappa shape index (κ3) is 6.56. The summed E-state index contributed by atoms with van der Waals surface area (Å²) in [4.78, 5) is 0. The molecule has 4 saturated heterocycles. The van der Waals surface area contributed by atoms with Gasteiger partial charge in [0, 0.05) is 23.7 Å². The second kappa shape index (κ2) is 12.4. The summed E-state index contributed by atoms with van der Waals surface area (Å²) in [6.45, 7) is 20.9. The molecule has 0 aromatic rings. The number of fused-ring (bicyclic) bond motifs is 4. The van der Waals surface area contributed by atoms with Gasteiger partial charge in [-0.2, -0.15) is 0 Å². The predicted molar refractivity (Wildman–Crippen MR) is 183 cm³/mol. The van der Waals surface area contributed by atoms with Crippen molar-refractivity contribution in [1.29, 1.82) is 0 Å². The maximum Gasteiger partial charge on any atom is 0.120 e. The van der Waals surface area contributed by atoms with Gasteiger partial charge >= 0.3 is 0 Å². The van der Waals surface area contributed by atoms with E-state index in [-0.39, 0.29) is 23.0 Å². The second-order valence-electron chi connectivity index (χ2n) is 15.5. The predicted octanol–water partition coefficient (Wildman–Crippen LogP) is 8.97. The van der Waals surface area contributed by atoms with Crippen molar-refractivity contribution in [3.63, 3.8) is 0 Å². The van der Waals surface area contributed by atoms with Crippen molar-refractivity contribution in [2.45, 2.75) is 130 Å². The molecule has 4 rings (SSSR count). The molecule has 4 bridgehead atoms. The molecular weight excluding hydrogens is 544 g/mol. The molecule has 4 heteroatoms. The van der Waals surface area contributed by atoms with Gasteiger partial charge < -0.3 is 19.7 Å². The summed E-state index contributed by atoms with van der Waals surface area (Å²) in [6.07, 6.45) is 32.7. The van der Waals surface area contributed by atoms with E-state index >= 15 is 0 Å². The van der Waals surface area contributed by atoms with E-state index in [0.29, 0.717) is 12.8 Å². The highest BCUT2D eigenvalue weighted by molar-refractivity contribution is 5.35. The Hall–Kier alpha value is -2.50. The highest BCUT2D eigenvalue weighted by Crippen LogP contribution is 2.61. The lowest BCUT2D eigenvalue weighted by Gasteiger charge is -2.46. The van der Waals surface area contributed by atoms with Crippen LogP contribution in [0.15, 0.2) is 107 Å². The molecule has 0 aromatic heterocycles. The van der Waals surface area contributed by atoms with Crippen LogP contribution < -0.4 is 0 Å². The average Bonchev–Trinajstić information content (AvgIpc) is 3.50. The Kier molecular flexibility index (Phi) is 9.66. The highest BCUT2D eigenvalue weighted by Gasteiger charge is 2.68. The summed E-state index contributed by atoms with van der Waals surface area (Å²) in [5, 5.41) is 22.2. The maximum absolute atomic E-state index is 11.1. The summed E-state index contributed by atoms with van der Waals surface area (Å²) in [7, 11) is 0. The Morgan fingerprint density at radius 1 is 0.500 bits per heavy atom. The molecular formula is C40H56O4. The van der Waals surface area contributed by atoms with Crippen LogP contribution in [-0.4, -0.2) is 44.8 Å². The Bertz CT molecular complexity index is 1230. The molecule has 0 aromatic carbocycles. The molecule has 4 nitrogen and oxygen atoms in total. The van der Waals surface area contributed by atoms with E-state index in [1.165, 1.54) is 0 Å². The van der Waals surface area contributed by atoms with Gasteiger partial charge in [-0.15, -0.1) is 0 Å². The molecule has 0 saturated carbocycles. The van der Waals surface area contributed by atoms with Gasteiger partial charge in [0.1, 0.15) is 11.2 Å². The lowest BCUT2D eigenvalue weighted by Crippen LogP contribution is -2.56. The number of hydrogen-bond acceptors (Lipinski definition) is 4. The molecule has 0 spiro atoms. The van der Waals surface area contributed by atoms with E-state index in [1.807, 2.05) is 13.8 Å². The van der Waals surface area contributed by atoms with Gasteiger partial charge in [0.2, 0.25) is 0 Å².